The summed E-state index contributed by atoms with van der Waals surface area (Å²) in [7, 11) is 0. The van der Waals surface area contributed by atoms with Gasteiger partial charge in [-0.3, -0.25) is 19.7 Å². The highest BCUT2D eigenvalue weighted by Crippen LogP contribution is 2.20. The zero-order chi connectivity index (χ0) is 17.1. The number of hydrogen-bond donors (Lipinski definition) is 0. The largest absolute Gasteiger partial charge is 0.294 e. The maximum absolute atomic E-state index is 12.4. The number of nitrogens with zero attached hydrogens (tertiary/aromatic N) is 1. The van der Waals surface area contributed by atoms with Gasteiger partial charge in [0.2, 0.25) is 0 Å². The zero-order valence-corrected chi connectivity index (χ0v) is 13.3. The van der Waals surface area contributed by atoms with E-state index in [2.05, 4.69) is 0 Å². The molecule has 0 N–H and O–H groups in total. The Morgan fingerprint density at radius 1 is 0.957 bits per heavy atom. The molecule has 0 spiro atoms. The molecule has 23 heavy (non-hydrogen) atoms. The van der Waals surface area contributed by atoms with Gasteiger partial charge < -0.3 is 0 Å². The van der Waals surface area contributed by atoms with E-state index in [0.29, 0.717) is 11.1 Å². The van der Waals surface area contributed by atoms with Gasteiger partial charge in [-0.1, -0.05) is 17.7 Å². The third-order valence-electron chi connectivity index (χ3n) is 3.68. The van der Waals surface area contributed by atoms with Crippen molar-refractivity contribution in [2.45, 2.75) is 27.2 Å². The highest BCUT2D eigenvalue weighted by molar-refractivity contribution is 6.14. The van der Waals surface area contributed by atoms with Crippen LogP contribution in [0.25, 0.3) is 0 Å². The Balaban J connectivity index is 2.20. The molecular weight excluding hydrogens is 294 g/mol. The van der Waals surface area contributed by atoms with Crippen molar-refractivity contribution in [1.82, 2.24) is 0 Å². The van der Waals surface area contributed by atoms with Crippen molar-refractivity contribution >= 4 is 17.3 Å². The van der Waals surface area contributed by atoms with Crippen LogP contribution in [0.1, 0.15) is 43.8 Å². The molecule has 0 aromatic heterocycles. The van der Waals surface area contributed by atoms with Crippen molar-refractivity contribution in [3.05, 3.63) is 74.3 Å². The minimum absolute atomic E-state index is 0.0851. The van der Waals surface area contributed by atoms with Gasteiger partial charge in [0, 0.05) is 23.3 Å². The molecule has 0 radical (unpaired) electrons. The minimum atomic E-state index is -0.529. The summed E-state index contributed by atoms with van der Waals surface area (Å²) in [6, 6.07) is 9.11. The summed E-state index contributed by atoms with van der Waals surface area (Å²) >= 11 is 0. The molecule has 2 aromatic carbocycles. The first kappa shape index (κ1) is 16.5. The minimum Gasteiger partial charge on any atom is -0.294 e. The molecule has 2 aromatic rings. The maximum atomic E-state index is 12.4. The van der Waals surface area contributed by atoms with E-state index in [1.165, 1.54) is 24.3 Å². The lowest BCUT2D eigenvalue weighted by molar-refractivity contribution is -0.384. The van der Waals surface area contributed by atoms with Crippen LogP contribution in [0.2, 0.25) is 0 Å². The molecule has 0 saturated heterocycles. The lowest BCUT2D eigenvalue weighted by Gasteiger charge is -2.10. The van der Waals surface area contributed by atoms with Gasteiger partial charge in [0.25, 0.3) is 5.69 Å². The molecule has 0 unspecified atom stereocenters. The van der Waals surface area contributed by atoms with Crippen LogP contribution in [0, 0.1) is 30.9 Å². The number of Topliss-reactive ketones (excluding diaryl/α,β-unsaturated/α-hetero) is 2. The molecule has 0 heterocycles. The van der Waals surface area contributed by atoms with E-state index in [1.54, 1.807) is 0 Å². The number of carbonyl (C=O) groups is 2. The Morgan fingerprint density at radius 3 is 1.96 bits per heavy atom. The van der Waals surface area contributed by atoms with Gasteiger partial charge >= 0.3 is 0 Å². The maximum Gasteiger partial charge on any atom is 0.269 e. The number of non-ortho nitro benzene ring substituents is 1. The van der Waals surface area contributed by atoms with Gasteiger partial charge in [0.05, 0.1) is 11.3 Å². The summed E-state index contributed by atoms with van der Waals surface area (Å²) in [5.74, 6) is -0.576. The molecule has 2 rings (SSSR count). The van der Waals surface area contributed by atoms with E-state index in [1.807, 2.05) is 32.9 Å². The number of nitro benzene ring substituents is 1. The fraction of sp³-hybridized carbons (Fsp3) is 0.222. The summed E-state index contributed by atoms with van der Waals surface area (Å²) in [6.07, 6.45) is -0.247. The predicted molar refractivity (Wildman–Crippen MR) is 87.0 cm³/mol. The van der Waals surface area contributed by atoms with Gasteiger partial charge in [-0.25, -0.2) is 0 Å². The summed E-state index contributed by atoms with van der Waals surface area (Å²) in [5.41, 5.74) is 3.56. The highest BCUT2D eigenvalue weighted by Gasteiger charge is 2.18. The van der Waals surface area contributed by atoms with Crippen LogP contribution in [0.5, 0.6) is 0 Å². The summed E-state index contributed by atoms with van der Waals surface area (Å²) in [5, 5.41) is 10.6. The first-order valence-electron chi connectivity index (χ1n) is 7.18. The molecule has 118 valence electrons. The van der Waals surface area contributed by atoms with E-state index >= 15 is 0 Å². The molecule has 0 saturated carbocycles. The summed E-state index contributed by atoms with van der Waals surface area (Å²) in [6.45, 7) is 5.66. The van der Waals surface area contributed by atoms with Gasteiger partial charge in [0.15, 0.2) is 11.6 Å². The molecule has 0 bridgehead atoms. The molecule has 0 aliphatic rings. The van der Waals surface area contributed by atoms with E-state index in [-0.39, 0.29) is 23.7 Å². The molecule has 0 aliphatic carbocycles. The Kier molecular flexibility index (Phi) is 4.69. The van der Waals surface area contributed by atoms with Crippen molar-refractivity contribution in [2.75, 3.05) is 0 Å². The molecular formula is C18H17NO4. The van der Waals surface area contributed by atoms with Crippen LogP contribution in [0.3, 0.4) is 0 Å². The zero-order valence-electron chi connectivity index (χ0n) is 13.3. The van der Waals surface area contributed by atoms with Gasteiger partial charge in [-0.05, 0) is 44.0 Å². The van der Waals surface area contributed by atoms with Gasteiger partial charge in [0.1, 0.15) is 0 Å². The number of aryl methyl sites for hydroxylation is 3. The standard InChI is InChI=1S/C18H17NO4/c1-11-8-12(2)18(13(3)9-11)17(21)10-16(20)14-4-6-15(7-5-14)19(22)23/h4-9H,10H2,1-3H3. The first-order chi connectivity index (χ1) is 10.8. The summed E-state index contributed by atoms with van der Waals surface area (Å²) in [4.78, 5) is 34.7. The van der Waals surface area contributed by atoms with Gasteiger partial charge in [-0.2, -0.15) is 0 Å². The van der Waals surface area contributed by atoms with Crippen LogP contribution in [-0.4, -0.2) is 16.5 Å². The fourth-order valence-corrected chi connectivity index (χ4v) is 2.73. The Morgan fingerprint density at radius 2 is 1.48 bits per heavy atom. The van der Waals surface area contributed by atoms with Crippen LogP contribution in [0.4, 0.5) is 5.69 Å². The van der Waals surface area contributed by atoms with Gasteiger partial charge in [-0.15, -0.1) is 0 Å². The SMILES string of the molecule is Cc1cc(C)c(C(=O)CC(=O)c2ccc([N+](=O)[O-])cc2)c(C)c1. The van der Waals surface area contributed by atoms with Crippen molar-refractivity contribution in [3.63, 3.8) is 0 Å². The van der Waals surface area contributed by atoms with Crippen LogP contribution in [-0.2, 0) is 0 Å². The lowest BCUT2D eigenvalue weighted by Crippen LogP contribution is -2.11. The first-order valence-corrected chi connectivity index (χ1v) is 7.18. The van der Waals surface area contributed by atoms with Crippen molar-refractivity contribution < 1.29 is 14.5 Å². The fourth-order valence-electron chi connectivity index (χ4n) is 2.73. The number of ketones is 2. The Hall–Kier alpha value is -2.82. The van der Waals surface area contributed by atoms with Crippen LogP contribution < -0.4 is 0 Å². The predicted octanol–water partition coefficient (Wildman–Crippen LogP) is 3.98. The number of carbonyl (C=O) groups excluding carboxylic acids is 2. The molecule has 5 heteroatoms. The summed E-state index contributed by atoms with van der Waals surface area (Å²) < 4.78 is 0. The molecule has 0 fully saturated rings. The Labute approximate surface area is 134 Å². The van der Waals surface area contributed by atoms with E-state index in [0.717, 1.165) is 16.7 Å². The smallest absolute Gasteiger partial charge is 0.269 e. The van der Waals surface area contributed by atoms with Crippen molar-refractivity contribution in [3.8, 4) is 0 Å². The second kappa shape index (κ2) is 6.52. The number of nitro groups is 1. The highest BCUT2D eigenvalue weighted by atomic mass is 16.6. The average Bonchev–Trinajstić information content (AvgIpc) is 2.46. The van der Waals surface area contributed by atoms with Crippen LogP contribution >= 0.6 is 0 Å². The second-order valence-corrected chi connectivity index (χ2v) is 5.60. The number of rotatable bonds is 5. The topological polar surface area (TPSA) is 77.3 Å². The average molecular weight is 311 g/mol. The quantitative estimate of drug-likeness (QED) is 0.362. The van der Waals surface area contributed by atoms with E-state index in [9.17, 15) is 19.7 Å². The third-order valence-corrected chi connectivity index (χ3v) is 3.68. The normalized spacial score (nSPS) is 10.4. The lowest BCUT2D eigenvalue weighted by atomic mass is 9.93. The molecule has 0 amide bonds. The molecule has 0 aliphatic heterocycles. The third kappa shape index (κ3) is 3.69. The molecule has 5 nitrogen and oxygen atoms in total. The molecule has 0 atom stereocenters. The van der Waals surface area contributed by atoms with Crippen molar-refractivity contribution in [1.29, 1.82) is 0 Å². The number of benzene rings is 2. The Bertz CT molecular complexity index is 768. The monoisotopic (exact) mass is 311 g/mol. The van der Waals surface area contributed by atoms with Crippen LogP contribution in [0.15, 0.2) is 36.4 Å². The van der Waals surface area contributed by atoms with E-state index in [4.69, 9.17) is 0 Å². The van der Waals surface area contributed by atoms with Crippen molar-refractivity contribution in [2.24, 2.45) is 0 Å². The van der Waals surface area contributed by atoms with E-state index < -0.39 is 4.92 Å². The number of hydrogen-bond acceptors (Lipinski definition) is 4. The second-order valence-electron chi connectivity index (χ2n) is 5.60.